The van der Waals surface area contributed by atoms with Gasteiger partial charge in [0.1, 0.15) is 17.2 Å². The molecule has 0 aliphatic rings. The number of aliphatic carboxylic acids is 1. The minimum atomic E-state index is -1.67. The van der Waals surface area contributed by atoms with Crippen LogP contribution in [0.5, 0.6) is 17.2 Å². The van der Waals surface area contributed by atoms with Crippen LogP contribution >= 0.6 is 11.6 Å². The number of halogens is 1. The molecule has 32 heavy (non-hydrogen) atoms. The monoisotopic (exact) mass is 453 g/mol. The van der Waals surface area contributed by atoms with E-state index in [4.69, 9.17) is 25.8 Å². The fourth-order valence-corrected chi connectivity index (χ4v) is 3.17. The predicted octanol–water partition coefficient (Wildman–Crippen LogP) is 5.10. The van der Waals surface area contributed by atoms with E-state index in [2.05, 4.69) is 20.8 Å². The zero-order valence-electron chi connectivity index (χ0n) is 18.6. The molecule has 0 saturated carbocycles. The third kappa shape index (κ3) is 5.74. The van der Waals surface area contributed by atoms with Crippen molar-refractivity contribution in [3.8, 4) is 17.2 Å². The number of carboxylic acid groups (broad SMARTS) is 1. The van der Waals surface area contributed by atoms with E-state index in [9.17, 15) is 9.90 Å². The van der Waals surface area contributed by atoms with Crippen molar-refractivity contribution < 1.29 is 24.1 Å². The molecule has 0 N–H and O–H groups in total. The number of carboxylic acids is 1. The van der Waals surface area contributed by atoms with Crippen molar-refractivity contribution >= 4 is 17.6 Å². The molecule has 5 nitrogen and oxygen atoms in total. The highest BCUT2D eigenvalue weighted by molar-refractivity contribution is 6.30. The van der Waals surface area contributed by atoms with Crippen molar-refractivity contribution in [1.82, 2.24) is 0 Å². The summed E-state index contributed by atoms with van der Waals surface area (Å²) in [6, 6.07) is 21.0. The van der Waals surface area contributed by atoms with E-state index < -0.39 is 11.6 Å². The van der Waals surface area contributed by atoms with Crippen LogP contribution in [0.4, 0.5) is 0 Å². The first-order valence-electron chi connectivity index (χ1n) is 10.2. The number of hydrogen-bond donors (Lipinski definition) is 0. The van der Waals surface area contributed by atoms with Gasteiger partial charge in [0, 0.05) is 10.6 Å². The standard InChI is InChI=1S/C26H27ClO5/c1-25(2,3)19-6-5-7-23(16-19)32-26(4,24(28)29)18-8-12-21(13-9-18)30-17-31-22-14-10-20(27)11-15-22/h5-16H,17H2,1-4H3,(H,28,29)/p-1. The summed E-state index contributed by atoms with van der Waals surface area (Å²) in [6.07, 6.45) is 0. The van der Waals surface area contributed by atoms with Gasteiger partial charge in [0.2, 0.25) is 6.79 Å². The summed E-state index contributed by atoms with van der Waals surface area (Å²) in [6.45, 7) is 7.72. The molecular weight excluding hydrogens is 428 g/mol. The zero-order chi connectivity index (χ0) is 23.4. The Labute approximate surface area is 193 Å². The highest BCUT2D eigenvalue weighted by Gasteiger charge is 2.31. The summed E-state index contributed by atoms with van der Waals surface area (Å²) in [5.41, 5.74) is -0.288. The minimum Gasteiger partial charge on any atom is -0.545 e. The lowest BCUT2D eigenvalue weighted by atomic mass is 9.87. The number of rotatable bonds is 8. The Kier molecular flexibility index (Phi) is 6.99. The molecule has 3 aromatic carbocycles. The van der Waals surface area contributed by atoms with Gasteiger partial charge in [-0.3, -0.25) is 0 Å². The van der Waals surface area contributed by atoms with Crippen molar-refractivity contribution in [2.75, 3.05) is 6.79 Å². The van der Waals surface area contributed by atoms with Crippen LogP contribution in [-0.2, 0) is 15.8 Å². The molecule has 0 aliphatic carbocycles. The van der Waals surface area contributed by atoms with Crippen molar-refractivity contribution in [2.24, 2.45) is 0 Å². The SMILES string of the molecule is CC(C)(C)c1cccc(OC(C)(C(=O)[O-])c2ccc(OCOc3ccc(Cl)cc3)cc2)c1. The summed E-state index contributed by atoms with van der Waals surface area (Å²) >= 11 is 5.85. The number of carbonyl (C=O) groups is 1. The molecule has 0 saturated heterocycles. The highest BCUT2D eigenvalue weighted by Crippen LogP contribution is 2.32. The van der Waals surface area contributed by atoms with Crippen LogP contribution in [0.25, 0.3) is 0 Å². The Balaban J connectivity index is 1.71. The first kappa shape index (κ1) is 23.5. The molecule has 0 bridgehead atoms. The fourth-order valence-electron chi connectivity index (χ4n) is 3.05. The lowest BCUT2D eigenvalue weighted by Gasteiger charge is -2.33. The van der Waals surface area contributed by atoms with Crippen molar-refractivity contribution in [2.45, 2.75) is 38.7 Å². The molecule has 3 rings (SSSR count). The normalized spacial score (nSPS) is 13.2. The predicted molar refractivity (Wildman–Crippen MR) is 122 cm³/mol. The molecule has 168 valence electrons. The number of hydrogen-bond acceptors (Lipinski definition) is 5. The zero-order valence-corrected chi connectivity index (χ0v) is 19.3. The summed E-state index contributed by atoms with van der Waals surface area (Å²) in [4.78, 5) is 12.0. The second kappa shape index (κ2) is 9.53. The maximum absolute atomic E-state index is 12.0. The maximum Gasteiger partial charge on any atom is 0.230 e. The molecule has 0 amide bonds. The van der Waals surface area contributed by atoms with Crippen LogP contribution < -0.4 is 19.3 Å². The number of ether oxygens (including phenoxy) is 3. The van der Waals surface area contributed by atoms with Gasteiger partial charge in [-0.25, -0.2) is 0 Å². The van der Waals surface area contributed by atoms with Gasteiger partial charge in [0.25, 0.3) is 0 Å². The van der Waals surface area contributed by atoms with Crippen LogP contribution in [0.2, 0.25) is 5.02 Å². The summed E-state index contributed by atoms with van der Waals surface area (Å²) in [5, 5.41) is 12.7. The van der Waals surface area contributed by atoms with E-state index in [1.165, 1.54) is 6.92 Å². The Hall–Kier alpha value is -3.18. The second-order valence-electron chi connectivity index (χ2n) is 8.59. The Morgan fingerprint density at radius 2 is 1.38 bits per heavy atom. The van der Waals surface area contributed by atoms with Gasteiger partial charge in [-0.15, -0.1) is 0 Å². The smallest absolute Gasteiger partial charge is 0.230 e. The largest absolute Gasteiger partial charge is 0.545 e. The molecule has 3 aromatic rings. The Morgan fingerprint density at radius 3 is 1.91 bits per heavy atom. The van der Waals surface area contributed by atoms with Crippen molar-refractivity contribution in [1.29, 1.82) is 0 Å². The first-order chi connectivity index (χ1) is 15.1. The van der Waals surface area contributed by atoms with E-state index in [0.29, 0.717) is 27.8 Å². The molecule has 0 radical (unpaired) electrons. The van der Waals surface area contributed by atoms with Crippen molar-refractivity contribution in [3.63, 3.8) is 0 Å². The Morgan fingerprint density at radius 1 is 0.812 bits per heavy atom. The van der Waals surface area contributed by atoms with E-state index in [1.807, 2.05) is 18.2 Å². The molecule has 0 fully saturated rings. The van der Waals surface area contributed by atoms with Gasteiger partial charge >= 0.3 is 0 Å². The van der Waals surface area contributed by atoms with Crippen LogP contribution in [-0.4, -0.2) is 12.8 Å². The van der Waals surface area contributed by atoms with Crippen LogP contribution in [0, 0.1) is 0 Å². The van der Waals surface area contributed by atoms with Gasteiger partial charge in [-0.2, -0.15) is 0 Å². The van der Waals surface area contributed by atoms with E-state index in [0.717, 1.165) is 5.56 Å². The van der Waals surface area contributed by atoms with Gasteiger partial charge in [-0.05, 0) is 66.4 Å². The molecule has 1 atom stereocenters. The van der Waals surface area contributed by atoms with Crippen LogP contribution in [0.15, 0.2) is 72.8 Å². The highest BCUT2D eigenvalue weighted by atomic mass is 35.5. The Bertz CT molecular complexity index is 1050. The molecule has 0 spiro atoms. The van der Waals surface area contributed by atoms with Crippen LogP contribution in [0.3, 0.4) is 0 Å². The number of benzene rings is 3. The molecule has 0 aromatic heterocycles. The first-order valence-corrected chi connectivity index (χ1v) is 10.6. The lowest BCUT2D eigenvalue weighted by molar-refractivity contribution is -0.322. The summed E-state index contributed by atoms with van der Waals surface area (Å²) < 4.78 is 17.0. The average Bonchev–Trinajstić information content (AvgIpc) is 2.75. The van der Waals surface area contributed by atoms with E-state index in [1.54, 1.807) is 54.6 Å². The summed E-state index contributed by atoms with van der Waals surface area (Å²) in [5.74, 6) is 0.277. The van der Waals surface area contributed by atoms with Gasteiger partial charge < -0.3 is 24.1 Å². The molecule has 0 heterocycles. The minimum absolute atomic E-state index is 0.00513. The van der Waals surface area contributed by atoms with Gasteiger partial charge in [-0.1, -0.05) is 56.6 Å². The maximum atomic E-state index is 12.0. The number of carbonyl (C=O) groups excluding carboxylic acids is 1. The molecule has 1 unspecified atom stereocenters. The topological polar surface area (TPSA) is 67.8 Å². The summed E-state index contributed by atoms with van der Waals surface area (Å²) in [7, 11) is 0. The lowest BCUT2D eigenvalue weighted by Crippen LogP contribution is -2.48. The van der Waals surface area contributed by atoms with Gasteiger partial charge in [0.05, 0.1) is 5.97 Å². The molecule has 6 heteroatoms. The van der Waals surface area contributed by atoms with Crippen LogP contribution in [0.1, 0.15) is 38.8 Å². The quantitative estimate of drug-likeness (QED) is 0.444. The average molecular weight is 454 g/mol. The van der Waals surface area contributed by atoms with E-state index >= 15 is 0 Å². The van der Waals surface area contributed by atoms with Gasteiger partial charge in [0.15, 0.2) is 5.60 Å². The third-order valence-electron chi connectivity index (χ3n) is 5.08. The molecule has 0 aliphatic heterocycles. The molecular formula is C26H26ClO5-. The van der Waals surface area contributed by atoms with Crippen molar-refractivity contribution in [3.05, 3.63) is 88.9 Å². The second-order valence-corrected chi connectivity index (χ2v) is 9.02. The third-order valence-corrected chi connectivity index (χ3v) is 5.33. The van der Waals surface area contributed by atoms with E-state index in [-0.39, 0.29) is 12.2 Å². The fraction of sp³-hybridized carbons (Fsp3) is 0.269.